The van der Waals surface area contributed by atoms with Gasteiger partial charge in [0.1, 0.15) is 23.6 Å². The number of hydrogen-bond donors (Lipinski definition) is 1. The number of anilines is 1. The number of allylic oxidation sites excluding steroid dienone is 4. The molecule has 2 heterocycles. The lowest BCUT2D eigenvalue weighted by Crippen LogP contribution is -2.22. The number of imidazole rings is 1. The van der Waals surface area contributed by atoms with E-state index in [9.17, 15) is 0 Å². The van der Waals surface area contributed by atoms with Crippen LogP contribution in [0.3, 0.4) is 0 Å². The van der Waals surface area contributed by atoms with Crippen LogP contribution in [0.25, 0.3) is 5.57 Å². The molecule has 1 atom stereocenters. The van der Waals surface area contributed by atoms with Crippen molar-refractivity contribution in [2.45, 2.75) is 92.0 Å². The topological polar surface area (TPSA) is 32.9 Å². The summed E-state index contributed by atoms with van der Waals surface area (Å²) in [5.41, 5.74) is 14.7. The van der Waals surface area contributed by atoms with E-state index in [-0.39, 0.29) is 6.04 Å². The van der Waals surface area contributed by atoms with Gasteiger partial charge in [-0.15, -0.1) is 0 Å². The van der Waals surface area contributed by atoms with Crippen molar-refractivity contribution in [3.63, 3.8) is 0 Å². The Labute approximate surface area is 270 Å². The lowest BCUT2D eigenvalue weighted by Gasteiger charge is -2.28. The third kappa shape index (κ3) is 5.49. The largest absolute Gasteiger partial charge is 0.369 e. The number of fused-ring (bicyclic) bond motifs is 3. The Morgan fingerprint density at radius 3 is 2.16 bits per heavy atom. The van der Waals surface area contributed by atoms with Crippen molar-refractivity contribution < 1.29 is 0 Å². The molecule has 2 aliphatic rings. The molecule has 0 bridgehead atoms. The summed E-state index contributed by atoms with van der Waals surface area (Å²) in [6.45, 7) is 16.1. The van der Waals surface area contributed by atoms with Crippen molar-refractivity contribution in [3.05, 3.63) is 124 Å². The first-order chi connectivity index (χ1) is 21.8. The van der Waals surface area contributed by atoms with Crippen LogP contribution in [0.5, 0.6) is 0 Å². The quantitative estimate of drug-likeness (QED) is 0.185. The summed E-state index contributed by atoms with van der Waals surface area (Å²) in [6, 6.07) is 20.3. The highest BCUT2D eigenvalue weighted by Gasteiger charge is 2.37. The first-order valence-corrected chi connectivity index (χ1v) is 17.0. The Morgan fingerprint density at radius 1 is 0.867 bits per heavy atom. The summed E-state index contributed by atoms with van der Waals surface area (Å²) in [4.78, 5) is 5.55. The molecule has 232 valence electrons. The standard InChI is InChI=1S/C41H49N4/c1-9-28-23-29(10-2)38(30(11-3)24-28)40(43-39-31(26(4)5)19-16-20-32(39)27(6)7)41-42-37(25-44(41)8)45-35-21-14-12-17-33(35)34-18-13-15-22-36(34)45/h12-21,23-27,40,43H,9-11,22H2,1-8H3/q+1. The maximum absolute atomic E-state index is 5.55. The van der Waals surface area contributed by atoms with Gasteiger partial charge in [-0.05, 0) is 81.6 Å². The van der Waals surface area contributed by atoms with E-state index < -0.39 is 0 Å². The lowest BCUT2D eigenvalue weighted by atomic mass is 9.87. The predicted octanol–water partition coefficient (Wildman–Crippen LogP) is 10.2. The highest BCUT2D eigenvalue weighted by molar-refractivity contribution is 6.31. The minimum absolute atomic E-state index is 0.110. The molecule has 0 fully saturated rings. The fraction of sp³-hybridized carbons (Fsp3) is 0.366. The van der Waals surface area contributed by atoms with Gasteiger partial charge in [-0.3, -0.25) is 0 Å². The molecule has 6 rings (SSSR count). The molecular formula is C41H49N4+. The minimum Gasteiger partial charge on any atom is -0.369 e. The molecule has 1 unspecified atom stereocenters. The van der Waals surface area contributed by atoms with Gasteiger partial charge in [-0.25, -0.2) is 0 Å². The molecule has 1 N–H and O–H groups in total. The van der Waals surface area contributed by atoms with Crippen LogP contribution >= 0.6 is 0 Å². The Kier molecular flexibility index (Phi) is 8.68. The Bertz CT molecular complexity index is 1780. The second-order valence-electron chi connectivity index (χ2n) is 13.2. The van der Waals surface area contributed by atoms with Gasteiger partial charge in [0.25, 0.3) is 5.82 Å². The second kappa shape index (κ2) is 12.7. The van der Waals surface area contributed by atoms with E-state index in [2.05, 4.69) is 149 Å². The van der Waals surface area contributed by atoms with Crippen LogP contribution in [0.4, 0.5) is 17.2 Å². The molecule has 3 aromatic carbocycles. The zero-order chi connectivity index (χ0) is 31.8. The van der Waals surface area contributed by atoms with Gasteiger partial charge in [-0.1, -0.05) is 109 Å². The smallest absolute Gasteiger partial charge is 0.347 e. The van der Waals surface area contributed by atoms with E-state index >= 15 is 0 Å². The Hall–Kier alpha value is -4.18. The van der Waals surface area contributed by atoms with Crippen molar-refractivity contribution >= 4 is 28.5 Å². The van der Waals surface area contributed by atoms with Crippen LogP contribution in [-0.2, 0) is 26.3 Å². The van der Waals surface area contributed by atoms with Crippen LogP contribution < -0.4 is 9.89 Å². The number of aromatic nitrogens is 2. The lowest BCUT2D eigenvalue weighted by molar-refractivity contribution is 0.726. The summed E-state index contributed by atoms with van der Waals surface area (Å²) in [5, 5.41) is 4.19. The second-order valence-corrected chi connectivity index (χ2v) is 13.2. The van der Waals surface area contributed by atoms with Crippen LogP contribution in [0.15, 0.2) is 79.0 Å². The highest BCUT2D eigenvalue weighted by atomic mass is 15.2. The molecule has 1 aromatic heterocycles. The van der Waals surface area contributed by atoms with E-state index in [0.29, 0.717) is 11.8 Å². The van der Waals surface area contributed by atoms with Crippen LogP contribution in [0, 0.1) is 0 Å². The van der Waals surface area contributed by atoms with Crippen LogP contribution in [-0.4, -0.2) is 15.3 Å². The van der Waals surface area contributed by atoms with Crippen molar-refractivity contribution in [1.29, 1.82) is 0 Å². The number of aryl methyl sites for hydroxylation is 4. The molecule has 0 radical (unpaired) electrons. The van der Waals surface area contributed by atoms with Gasteiger partial charge in [0.2, 0.25) is 0 Å². The fourth-order valence-electron chi connectivity index (χ4n) is 7.29. The fourth-order valence-corrected chi connectivity index (χ4v) is 7.29. The summed E-state index contributed by atoms with van der Waals surface area (Å²) in [7, 11) is 2.17. The molecule has 1 aliphatic heterocycles. The Balaban J connectivity index is 1.59. The van der Waals surface area contributed by atoms with E-state index in [4.69, 9.17) is 4.98 Å². The molecule has 4 nitrogen and oxygen atoms in total. The zero-order valence-electron chi connectivity index (χ0n) is 28.4. The monoisotopic (exact) mass is 597 g/mol. The number of nitrogens with zero attached hydrogens (tertiary/aromatic N) is 3. The first kappa shape index (κ1) is 30.8. The van der Waals surface area contributed by atoms with Gasteiger partial charge in [0, 0.05) is 30.3 Å². The molecule has 4 heteroatoms. The molecular weight excluding hydrogens is 548 g/mol. The summed E-state index contributed by atoms with van der Waals surface area (Å²) >= 11 is 0. The minimum atomic E-state index is -0.110. The average molecular weight is 598 g/mol. The maximum atomic E-state index is 5.55. The molecule has 1 aliphatic carbocycles. The van der Waals surface area contributed by atoms with E-state index in [1.54, 1.807) is 0 Å². The third-order valence-electron chi connectivity index (χ3n) is 9.64. The van der Waals surface area contributed by atoms with Crippen LogP contribution in [0.1, 0.15) is 118 Å². The number of hydrogen-bond acceptors (Lipinski definition) is 2. The van der Waals surface area contributed by atoms with Crippen molar-refractivity contribution in [2.75, 3.05) is 5.32 Å². The van der Waals surface area contributed by atoms with Crippen molar-refractivity contribution in [2.24, 2.45) is 7.05 Å². The normalized spacial score (nSPS) is 14.7. The molecule has 0 saturated carbocycles. The van der Waals surface area contributed by atoms with Gasteiger partial charge >= 0.3 is 5.82 Å². The summed E-state index contributed by atoms with van der Waals surface area (Å²) < 4.78 is 4.64. The van der Waals surface area contributed by atoms with E-state index in [1.165, 1.54) is 61.6 Å². The predicted molar refractivity (Wildman–Crippen MR) is 193 cm³/mol. The molecule has 0 saturated heterocycles. The van der Waals surface area contributed by atoms with Gasteiger partial charge in [-0.2, -0.15) is 4.58 Å². The summed E-state index contributed by atoms with van der Waals surface area (Å²) in [5.74, 6) is 2.80. The number of rotatable bonds is 10. The van der Waals surface area contributed by atoms with Crippen molar-refractivity contribution in [1.82, 2.24) is 14.1 Å². The molecule has 0 amide bonds. The highest BCUT2D eigenvalue weighted by Crippen LogP contribution is 2.42. The number of para-hydroxylation sites is 2. The SMILES string of the molecule is CCc1cc(CC)c(C(Nc2c(C(C)C)cccc2C(C)C)c2nc([N+]3=C4CC=CC=C4c4ccccc43)cn2C)c(CC)c1. The van der Waals surface area contributed by atoms with Gasteiger partial charge in [0.05, 0.1) is 0 Å². The summed E-state index contributed by atoms with van der Waals surface area (Å²) in [6.07, 6.45) is 12.8. The van der Waals surface area contributed by atoms with Crippen LogP contribution in [0.2, 0.25) is 0 Å². The van der Waals surface area contributed by atoms with E-state index in [1.807, 2.05) is 0 Å². The number of benzene rings is 3. The third-order valence-corrected chi connectivity index (χ3v) is 9.64. The zero-order valence-corrected chi connectivity index (χ0v) is 28.4. The molecule has 0 spiro atoms. The van der Waals surface area contributed by atoms with Gasteiger partial charge in [0.15, 0.2) is 0 Å². The average Bonchev–Trinajstić information content (AvgIpc) is 3.59. The first-order valence-electron chi connectivity index (χ1n) is 17.0. The van der Waals surface area contributed by atoms with Gasteiger partial charge < -0.3 is 9.88 Å². The molecule has 45 heavy (non-hydrogen) atoms. The van der Waals surface area contributed by atoms with E-state index in [0.717, 1.165) is 37.3 Å². The maximum Gasteiger partial charge on any atom is 0.347 e. The molecule has 4 aromatic rings. The van der Waals surface area contributed by atoms with Crippen molar-refractivity contribution in [3.8, 4) is 0 Å². The number of nitrogens with one attached hydrogen (secondary N) is 1. The Morgan fingerprint density at radius 2 is 1.53 bits per heavy atom.